The van der Waals surface area contributed by atoms with E-state index < -0.39 is 5.97 Å². The van der Waals surface area contributed by atoms with Crippen molar-refractivity contribution < 1.29 is 19.0 Å². The van der Waals surface area contributed by atoms with Crippen LogP contribution in [0.5, 0.6) is 5.75 Å². The van der Waals surface area contributed by atoms with Crippen LogP contribution >= 0.6 is 0 Å². The number of benzene rings is 1. The number of carbonyl (C=O) groups excluding carboxylic acids is 1. The van der Waals surface area contributed by atoms with Gasteiger partial charge in [-0.2, -0.15) is 10.3 Å². The monoisotopic (exact) mass is 291 g/mol. The maximum Gasteiger partial charge on any atom is 0.361 e. The Morgan fingerprint density at radius 2 is 1.95 bits per heavy atom. The number of ether oxygens (including phenoxy) is 3. The molecule has 0 bridgehead atoms. The van der Waals surface area contributed by atoms with Crippen molar-refractivity contribution in [3.05, 3.63) is 30.0 Å². The van der Waals surface area contributed by atoms with Gasteiger partial charge < -0.3 is 14.2 Å². The van der Waals surface area contributed by atoms with E-state index in [4.69, 9.17) is 14.2 Å². The number of aromatic nitrogens is 3. The highest BCUT2D eigenvalue weighted by Gasteiger charge is 2.18. The molecule has 0 aliphatic carbocycles. The zero-order valence-corrected chi connectivity index (χ0v) is 12.0. The van der Waals surface area contributed by atoms with Gasteiger partial charge in [0.2, 0.25) is 0 Å². The number of aromatic amines is 1. The first-order valence-electron chi connectivity index (χ1n) is 6.56. The second-order valence-corrected chi connectivity index (χ2v) is 4.11. The first-order chi connectivity index (χ1) is 10.3. The average molecular weight is 291 g/mol. The fourth-order valence-corrected chi connectivity index (χ4v) is 1.73. The highest BCUT2D eigenvalue weighted by molar-refractivity contribution is 5.93. The molecule has 7 nitrogen and oxygen atoms in total. The van der Waals surface area contributed by atoms with Gasteiger partial charge >= 0.3 is 5.97 Å². The first-order valence-corrected chi connectivity index (χ1v) is 6.56. The molecule has 0 aliphatic rings. The second-order valence-electron chi connectivity index (χ2n) is 4.11. The van der Waals surface area contributed by atoms with E-state index in [1.165, 1.54) is 0 Å². The van der Waals surface area contributed by atoms with Crippen LogP contribution in [0.1, 0.15) is 17.4 Å². The summed E-state index contributed by atoms with van der Waals surface area (Å²) in [7, 11) is 1.62. The molecule has 0 radical (unpaired) electrons. The van der Waals surface area contributed by atoms with Crippen LogP contribution < -0.4 is 4.74 Å². The summed E-state index contributed by atoms with van der Waals surface area (Å²) in [5, 5.41) is 10.3. The van der Waals surface area contributed by atoms with E-state index in [9.17, 15) is 4.79 Å². The predicted molar refractivity (Wildman–Crippen MR) is 75.1 cm³/mol. The van der Waals surface area contributed by atoms with E-state index >= 15 is 0 Å². The highest BCUT2D eigenvalue weighted by atomic mass is 16.5. The Labute approximate surface area is 122 Å². The summed E-state index contributed by atoms with van der Waals surface area (Å²) in [5.74, 6) is 0.221. The van der Waals surface area contributed by atoms with Gasteiger partial charge in [-0.3, -0.25) is 0 Å². The van der Waals surface area contributed by atoms with Gasteiger partial charge in [-0.05, 0) is 31.2 Å². The lowest BCUT2D eigenvalue weighted by Gasteiger charge is -2.06. The third-order valence-corrected chi connectivity index (χ3v) is 2.70. The van der Waals surface area contributed by atoms with Crippen LogP contribution in [0, 0.1) is 0 Å². The molecule has 0 aliphatic heterocycles. The molecule has 0 amide bonds. The van der Waals surface area contributed by atoms with Gasteiger partial charge in [0, 0.05) is 12.7 Å². The maximum absolute atomic E-state index is 11.8. The highest BCUT2D eigenvalue weighted by Crippen LogP contribution is 2.23. The summed E-state index contributed by atoms with van der Waals surface area (Å²) in [5.41, 5.74) is 1.38. The van der Waals surface area contributed by atoms with E-state index in [1.54, 1.807) is 26.2 Å². The van der Waals surface area contributed by atoms with E-state index in [0.29, 0.717) is 18.9 Å². The number of nitrogens with one attached hydrogen (secondary N) is 1. The predicted octanol–water partition coefficient (Wildman–Crippen LogP) is 1.67. The van der Waals surface area contributed by atoms with Crippen molar-refractivity contribution >= 4 is 5.97 Å². The van der Waals surface area contributed by atoms with E-state index in [2.05, 4.69) is 15.4 Å². The number of hydrogen-bond acceptors (Lipinski definition) is 6. The van der Waals surface area contributed by atoms with Gasteiger partial charge in [0.1, 0.15) is 18.1 Å². The Morgan fingerprint density at radius 3 is 2.62 bits per heavy atom. The minimum atomic E-state index is -0.498. The average Bonchev–Trinajstić information content (AvgIpc) is 2.98. The van der Waals surface area contributed by atoms with Crippen molar-refractivity contribution in [1.29, 1.82) is 0 Å². The number of rotatable bonds is 7. The van der Waals surface area contributed by atoms with Gasteiger partial charge in [-0.15, -0.1) is 5.10 Å². The summed E-state index contributed by atoms with van der Waals surface area (Å²) in [6.45, 7) is 3.03. The topological polar surface area (TPSA) is 86.3 Å². The molecule has 0 atom stereocenters. The Morgan fingerprint density at radius 1 is 1.19 bits per heavy atom. The summed E-state index contributed by atoms with van der Waals surface area (Å²) in [6.07, 6.45) is 0. The molecule has 1 heterocycles. The summed E-state index contributed by atoms with van der Waals surface area (Å²) < 4.78 is 15.3. The Balaban J connectivity index is 2.12. The summed E-state index contributed by atoms with van der Waals surface area (Å²) in [6, 6.07) is 7.22. The number of H-pyrrole nitrogens is 1. The van der Waals surface area contributed by atoms with Crippen molar-refractivity contribution in [2.45, 2.75) is 6.92 Å². The number of esters is 1. The molecule has 1 aromatic carbocycles. The molecule has 21 heavy (non-hydrogen) atoms. The lowest BCUT2D eigenvalue weighted by Crippen LogP contribution is -2.07. The normalized spacial score (nSPS) is 10.4. The van der Waals surface area contributed by atoms with Crippen LogP contribution in [0.2, 0.25) is 0 Å². The maximum atomic E-state index is 11.8. The van der Waals surface area contributed by atoms with Crippen LogP contribution in [-0.2, 0) is 9.47 Å². The standard InChI is InChI=1S/C14H17N3O4/c1-3-20-14(18)13-12(15-17-16-13)10-4-6-11(7-5-10)21-9-8-19-2/h4-7H,3,8-9H2,1-2H3,(H,15,16,17). The van der Waals surface area contributed by atoms with Crippen molar-refractivity contribution in [3.63, 3.8) is 0 Å². The largest absolute Gasteiger partial charge is 0.491 e. The molecule has 0 spiro atoms. The third-order valence-electron chi connectivity index (χ3n) is 2.70. The minimum absolute atomic E-state index is 0.171. The molecular formula is C14H17N3O4. The van der Waals surface area contributed by atoms with Crippen LogP contribution in [0.15, 0.2) is 24.3 Å². The zero-order valence-electron chi connectivity index (χ0n) is 12.0. The molecule has 2 rings (SSSR count). The zero-order chi connectivity index (χ0) is 15.1. The summed E-state index contributed by atoms with van der Waals surface area (Å²) in [4.78, 5) is 11.8. The van der Waals surface area contributed by atoms with Gasteiger partial charge in [-0.1, -0.05) is 0 Å². The molecule has 2 aromatic rings. The molecule has 0 unspecified atom stereocenters. The molecule has 7 heteroatoms. The quantitative estimate of drug-likeness (QED) is 0.617. The van der Waals surface area contributed by atoms with Crippen molar-refractivity contribution in [3.8, 4) is 17.0 Å². The number of methoxy groups -OCH3 is 1. The first kappa shape index (κ1) is 15.0. The van der Waals surface area contributed by atoms with Crippen LogP contribution in [0.4, 0.5) is 0 Å². The molecule has 1 aromatic heterocycles. The van der Waals surface area contributed by atoms with Gasteiger partial charge in [0.25, 0.3) is 0 Å². The molecule has 0 saturated heterocycles. The molecular weight excluding hydrogens is 274 g/mol. The molecule has 0 saturated carbocycles. The van der Waals surface area contributed by atoms with E-state index in [0.717, 1.165) is 11.3 Å². The van der Waals surface area contributed by atoms with Crippen molar-refractivity contribution in [2.75, 3.05) is 26.9 Å². The number of hydrogen-bond donors (Lipinski definition) is 1. The molecule has 1 N–H and O–H groups in total. The van der Waals surface area contributed by atoms with E-state index in [1.807, 2.05) is 12.1 Å². The Hall–Kier alpha value is -2.41. The van der Waals surface area contributed by atoms with Gasteiger partial charge in [-0.25, -0.2) is 4.79 Å². The Kier molecular flexibility index (Phi) is 5.28. The van der Waals surface area contributed by atoms with Crippen LogP contribution in [-0.4, -0.2) is 48.3 Å². The smallest absolute Gasteiger partial charge is 0.361 e. The molecule has 112 valence electrons. The summed E-state index contributed by atoms with van der Waals surface area (Å²) >= 11 is 0. The lowest BCUT2D eigenvalue weighted by molar-refractivity contribution is 0.0520. The fourth-order valence-electron chi connectivity index (χ4n) is 1.73. The second kappa shape index (κ2) is 7.39. The van der Waals surface area contributed by atoms with Gasteiger partial charge in [0.05, 0.1) is 13.2 Å². The lowest BCUT2D eigenvalue weighted by atomic mass is 10.1. The van der Waals surface area contributed by atoms with Crippen LogP contribution in [0.25, 0.3) is 11.3 Å². The fraction of sp³-hybridized carbons (Fsp3) is 0.357. The number of nitrogens with zero attached hydrogens (tertiary/aromatic N) is 2. The minimum Gasteiger partial charge on any atom is -0.491 e. The SMILES string of the molecule is CCOC(=O)c1n[nH]nc1-c1ccc(OCCOC)cc1. The van der Waals surface area contributed by atoms with Crippen molar-refractivity contribution in [1.82, 2.24) is 15.4 Å². The third kappa shape index (κ3) is 3.79. The van der Waals surface area contributed by atoms with Gasteiger partial charge in [0.15, 0.2) is 5.69 Å². The number of carbonyl (C=O) groups is 1. The van der Waals surface area contributed by atoms with Crippen LogP contribution in [0.3, 0.4) is 0 Å². The van der Waals surface area contributed by atoms with Crippen molar-refractivity contribution in [2.24, 2.45) is 0 Å². The molecule has 0 fully saturated rings. The van der Waals surface area contributed by atoms with E-state index in [-0.39, 0.29) is 12.3 Å². The Bertz CT molecular complexity index is 580.